The van der Waals surface area contributed by atoms with Crippen molar-refractivity contribution in [2.45, 2.75) is 38.8 Å². The minimum Gasteiger partial charge on any atom is -0.497 e. The fraction of sp³-hybridized carbons (Fsp3) is 0.533. The molecule has 0 spiro atoms. The van der Waals surface area contributed by atoms with Crippen LogP contribution < -0.4 is 10.1 Å². The number of nitrogens with zero attached hydrogens (tertiary/aromatic N) is 1. The number of hydrogen-bond donors (Lipinski definition) is 1. The van der Waals surface area contributed by atoms with Crippen molar-refractivity contribution in [1.82, 2.24) is 4.90 Å². The van der Waals surface area contributed by atoms with E-state index in [1.165, 1.54) is 0 Å². The maximum atomic E-state index is 12.4. The van der Waals surface area contributed by atoms with Crippen LogP contribution in [-0.2, 0) is 4.79 Å². The highest BCUT2D eigenvalue weighted by molar-refractivity contribution is 5.89. The van der Waals surface area contributed by atoms with Gasteiger partial charge in [-0.15, -0.1) is 0 Å². The van der Waals surface area contributed by atoms with E-state index in [4.69, 9.17) is 4.74 Å². The SMILES string of the molecule is COc1ccc(NC(C)(C)C(=O)N2CCC2C)cc1. The highest BCUT2D eigenvalue weighted by Gasteiger charge is 2.37. The molecule has 1 fully saturated rings. The van der Waals surface area contributed by atoms with Crippen molar-refractivity contribution in [2.24, 2.45) is 0 Å². The average molecular weight is 262 g/mol. The number of carbonyl (C=O) groups excluding carboxylic acids is 1. The van der Waals surface area contributed by atoms with Crippen LogP contribution in [0.1, 0.15) is 27.2 Å². The summed E-state index contributed by atoms with van der Waals surface area (Å²) in [5.74, 6) is 0.966. The second-order valence-electron chi connectivity index (χ2n) is 5.61. The van der Waals surface area contributed by atoms with E-state index in [9.17, 15) is 4.79 Å². The van der Waals surface area contributed by atoms with Crippen molar-refractivity contribution in [3.05, 3.63) is 24.3 Å². The van der Waals surface area contributed by atoms with Gasteiger partial charge in [0.15, 0.2) is 0 Å². The monoisotopic (exact) mass is 262 g/mol. The summed E-state index contributed by atoms with van der Waals surface area (Å²) in [6, 6.07) is 7.98. The van der Waals surface area contributed by atoms with E-state index in [1.54, 1.807) is 7.11 Å². The number of likely N-dealkylation sites (tertiary alicyclic amines) is 1. The maximum Gasteiger partial charge on any atom is 0.247 e. The molecule has 1 amide bonds. The predicted molar refractivity (Wildman–Crippen MR) is 76.5 cm³/mol. The molecule has 19 heavy (non-hydrogen) atoms. The molecule has 1 aliphatic rings. The Morgan fingerprint density at radius 3 is 2.42 bits per heavy atom. The number of benzene rings is 1. The molecule has 4 nitrogen and oxygen atoms in total. The Hall–Kier alpha value is -1.71. The fourth-order valence-corrected chi connectivity index (χ4v) is 2.27. The summed E-state index contributed by atoms with van der Waals surface area (Å²) in [6.45, 7) is 6.80. The predicted octanol–water partition coefficient (Wildman–Crippen LogP) is 2.51. The van der Waals surface area contributed by atoms with E-state index >= 15 is 0 Å². The van der Waals surface area contributed by atoms with Crippen LogP contribution in [0.15, 0.2) is 24.3 Å². The minimum absolute atomic E-state index is 0.155. The molecule has 1 aromatic rings. The molecule has 104 valence electrons. The first kappa shape index (κ1) is 13.7. The van der Waals surface area contributed by atoms with Crippen molar-refractivity contribution in [2.75, 3.05) is 19.0 Å². The van der Waals surface area contributed by atoms with E-state index in [0.717, 1.165) is 24.4 Å². The zero-order valence-corrected chi connectivity index (χ0v) is 12.1. The molecular weight excluding hydrogens is 240 g/mol. The van der Waals surface area contributed by atoms with Gasteiger partial charge in [0.2, 0.25) is 5.91 Å². The normalized spacial score (nSPS) is 18.7. The van der Waals surface area contributed by atoms with Gasteiger partial charge >= 0.3 is 0 Å². The topological polar surface area (TPSA) is 41.6 Å². The summed E-state index contributed by atoms with van der Waals surface area (Å²) < 4.78 is 5.12. The largest absolute Gasteiger partial charge is 0.497 e. The fourth-order valence-electron chi connectivity index (χ4n) is 2.27. The van der Waals surface area contributed by atoms with E-state index in [0.29, 0.717) is 6.04 Å². The standard InChI is InChI=1S/C15H22N2O2/c1-11-9-10-17(11)14(18)15(2,3)16-12-5-7-13(19-4)8-6-12/h5-8,11,16H,9-10H2,1-4H3. The molecular formula is C15H22N2O2. The van der Waals surface area contributed by atoms with Gasteiger partial charge in [-0.3, -0.25) is 4.79 Å². The third-order valence-corrected chi connectivity index (χ3v) is 3.66. The molecule has 1 unspecified atom stereocenters. The van der Waals surface area contributed by atoms with Crippen LogP contribution in [0.3, 0.4) is 0 Å². The molecule has 2 rings (SSSR count). The number of anilines is 1. The molecule has 0 bridgehead atoms. The van der Waals surface area contributed by atoms with E-state index < -0.39 is 5.54 Å². The van der Waals surface area contributed by atoms with E-state index in [1.807, 2.05) is 43.0 Å². The van der Waals surface area contributed by atoms with Gasteiger partial charge in [-0.1, -0.05) is 0 Å². The average Bonchev–Trinajstić information content (AvgIpc) is 2.37. The molecule has 1 N–H and O–H groups in total. The second kappa shape index (κ2) is 5.11. The van der Waals surface area contributed by atoms with E-state index in [2.05, 4.69) is 12.2 Å². The lowest BCUT2D eigenvalue weighted by Gasteiger charge is -2.43. The smallest absolute Gasteiger partial charge is 0.247 e. The molecule has 1 heterocycles. The zero-order valence-electron chi connectivity index (χ0n) is 12.1. The van der Waals surface area contributed by atoms with Crippen molar-refractivity contribution >= 4 is 11.6 Å². The number of nitrogens with one attached hydrogen (secondary N) is 1. The van der Waals surface area contributed by atoms with Gasteiger partial charge in [0.05, 0.1) is 7.11 Å². The van der Waals surface area contributed by atoms with Gasteiger partial charge in [0.1, 0.15) is 11.3 Å². The van der Waals surface area contributed by atoms with Crippen molar-refractivity contribution in [3.63, 3.8) is 0 Å². The first-order valence-corrected chi connectivity index (χ1v) is 6.67. The van der Waals surface area contributed by atoms with Gasteiger partial charge in [-0.2, -0.15) is 0 Å². The minimum atomic E-state index is -0.594. The molecule has 1 saturated heterocycles. The van der Waals surface area contributed by atoms with Crippen LogP contribution in [0, 0.1) is 0 Å². The number of rotatable bonds is 4. The summed E-state index contributed by atoms with van der Waals surface area (Å²) in [5, 5.41) is 3.29. The third kappa shape index (κ3) is 2.83. The Bertz CT molecular complexity index is 454. The lowest BCUT2D eigenvalue weighted by molar-refractivity contribution is -0.142. The highest BCUT2D eigenvalue weighted by Crippen LogP contribution is 2.25. The number of methoxy groups -OCH3 is 1. The van der Waals surface area contributed by atoms with Gasteiger partial charge < -0.3 is 15.0 Å². The highest BCUT2D eigenvalue weighted by atomic mass is 16.5. The first-order valence-electron chi connectivity index (χ1n) is 6.67. The van der Waals surface area contributed by atoms with Crippen LogP contribution in [0.4, 0.5) is 5.69 Å². The molecule has 4 heteroatoms. The van der Waals surface area contributed by atoms with Crippen LogP contribution in [0.25, 0.3) is 0 Å². The number of hydrogen-bond acceptors (Lipinski definition) is 3. The summed E-state index contributed by atoms with van der Waals surface area (Å²) >= 11 is 0. The Morgan fingerprint density at radius 2 is 2.00 bits per heavy atom. The molecule has 0 radical (unpaired) electrons. The van der Waals surface area contributed by atoms with Crippen LogP contribution in [-0.4, -0.2) is 36.0 Å². The Balaban J connectivity index is 2.04. The molecule has 1 aliphatic heterocycles. The maximum absolute atomic E-state index is 12.4. The lowest BCUT2D eigenvalue weighted by Crippen LogP contribution is -2.58. The summed E-state index contributed by atoms with van der Waals surface area (Å²) in [6.07, 6.45) is 1.10. The lowest BCUT2D eigenvalue weighted by atomic mass is 9.96. The molecule has 1 atom stereocenters. The van der Waals surface area contributed by atoms with Crippen molar-refractivity contribution in [3.8, 4) is 5.75 Å². The van der Waals surface area contributed by atoms with E-state index in [-0.39, 0.29) is 5.91 Å². The van der Waals surface area contributed by atoms with Crippen LogP contribution >= 0.6 is 0 Å². The Kier molecular flexibility index (Phi) is 3.69. The Morgan fingerprint density at radius 1 is 1.37 bits per heavy atom. The molecule has 0 aliphatic carbocycles. The summed E-state index contributed by atoms with van der Waals surface area (Å²) in [4.78, 5) is 14.4. The van der Waals surface area contributed by atoms with Gasteiger partial charge in [0, 0.05) is 18.3 Å². The van der Waals surface area contributed by atoms with Crippen LogP contribution in [0.5, 0.6) is 5.75 Å². The second-order valence-corrected chi connectivity index (χ2v) is 5.61. The van der Waals surface area contributed by atoms with Crippen molar-refractivity contribution < 1.29 is 9.53 Å². The van der Waals surface area contributed by atoms with Crippen LogP contribution in [0.2, 0.25) is 0 Å². The number of carbonyl (C=O) groups is 1. The Labute approximate surface area is 114 Å². The van der Waals surface area contributed by atoms with Gasteiger partial charge in [-0.25, -0.2) is 0 Å². The van der Waals surface area contributed by atoms with Gasteiger partial charge in [-0.05, 0) is 51.5 Å². The third-order valence-electron chi connectivity index (χ3n) is 3.66. The van der Waals surface area contributed by atoms with Crippen molar-refractivity contribution in [1.29, 1.82) is 0 Å². The summed E-state index contributed by atoms with van der Waals surface area (Å²) in [7, 11) is 1.64. The molecule has 1 aromatic carbocycles. The molecule has 0 saturated carbocycles. The quantitative estimate of drug-likeness (QED) is 0.906. The summed E-state index contributed by atoms with van der Waals surface area (Å²) in [5.41, 5.74) is 0.329. The molecule has 0 aromatic heterocycles. The zero-order chi connectivity index (χ0) is 14.0. The first-order chi connectivity index (χ1) is 8.94. The van der Waals surface area contributed by atoms with Gasteiger partial charge in [0.25, 0.3) is 0 Å². The number of amides is 1. The number of ether oxygens (including phenoxy) is 1.